The summed E-state index contributed by atoms with van der Waals surface area (Å²) in [6, 6.07) is 13.6. The van der Waals surface area contributed by atoms with E-state index in [1.54, 1.807) is 48.5 Å². The van der Waals surface area contributed by atoms with Crippen molar-refractivity contribution >= 4 is 29.4 Å². The monoisotopic (exact) mass is 425 g/mol. The first-order valence-corrected chi connectivity index (χ1v) is 9.60. The van der Waals surface area contributed by atoms with E-state index in [0.717, 1.165) is 10.5 Å². The van der Waals surface area contributed by atoms with E-state index in [-0.39, 0.29) is 37.8 Å². The van der Waals surface area contributed by atoms with Crippen molar-refractivity contribution in [2.75, 3.05) is 13.2 Å². The van der Waals surface area contributed by atoms with Crippen molar-refractivity contribution in [3.8, 4) is 11.4 Å². The van der Waals surface area contributed by atoms with E-state index in [1.165, 1.54) is 0 Å². The van der Waals surface area contributed by atoms with Gasteiger partial charge in [0.2, 0.25) is 11.7 Å². The number of imide groups is 1. The van der Waals surface area contributed by atoms with Gasteiger partial charge >= 0.3 is 5.97 Å². The molecule has 30 heavy (non-hydrogen) atoms. The van der Waals surface area contributed by atoms with Gasteiger partial charge in [-0.1, -0.05) is 28.9 Å². The van der Waals surface area contributed by atoms with Gasteiger partial charge in [0, 0.05) is 17.0 Å². The molecule has 1 aliphatic heterocycles. The number of hydrogen-bond donors (Lipinski definition) is 0. The van der Waals surface area contributed by atoms with Crippen molar-refractivity contribution in [2.24, 2.45) is 0 Å². The van der Waals surface area contributed by atoms with Crippen LogP contribution in [0.25, 0.3) is 11.4 Å². The summed E-state index contributed by atoms with van der Waals surface area (Å²) in [6.07, 6.45) is 0.247. The highest BCUT2D eigenvalue weighted by molar-refractivity contribution is 6.30. The lowest BCUT2D eigenvalue weighted by Crippen LogP contribution is -2.33. The third kappa shape index (κ3) is 4.08. The smallest absolute Gasteiger partial charge is 0.306 e. The molecule has 0 aliphatic carbocycles. The summed E-state index contributed by atoms with van der Waals surface area (Å²) in [5, 5.41) is 4.49. The molecule has 0 unspecified atom stereocenters. The lowest BCUT2D eigenvalue weighted by molar-refractivity contribution is -0.143. The van der Waals surface area contributed by atoms with Crippen LogP contribution < -0.4 is 0 Å². The molecule has 0 atom stereocenters. The average molecular weight is 426 g/mol. The highest BCUT2D eigenvalue weighted by Gasteiger charge is 2.34. The number of aromatic nitrogens is 2. The van der Waals surface area contributed by atoms with Crippen LogP contribution in [0, 0.1) is 0 Å². The summed E-state index contributed by atoms with van der Waals surface area (Å²) in [4.78, 5) is 41.8. The summed E-state index contributed by atoms with van der Waals surface area (Å²) in [7, 11) is 0. The molecule has 0 N–H and O–H groups in total. The van der Waals surface area contributed by atoms with Gasteiger partial charge in [-0.2, -0.15) is 4.98 Å². The Morgan fingerprint density at radius 1 is 1.03 bits per heavy atom. The summed E-state index contributed by atoms with van der Waals surface area (Å²) < 4.78 is 10.3. The number of amides is 2. The van der Waals surface area contributed by atoms with Crippen LogP contribution in [0.15, 0.2) is 53.1 Å². The molecule has 152 valence electrons. The molecule has 8 nitrogen and oxygen atoms in total. The minimum atomic E-state index is -0.488. The average Bonchev–Trinajstić information content (AvgIpc) is 3.32. The van der Waals surface area contributed by atoms with Crippen molar-refractivity contribution in [3.05, 3.63) is 70.6 Å². The standard InChI is InChI=1S/C21H16ClN3O5/c22-14-7-5-13(6-8-14)19-23-17(30-24-19)9-10-18(26)29-12-11-25-20(27)15-3-1-2-4-16(15)21(25)28/h1-8H,9-12H2. The predicted octanol–water partition coefficient (Wildman–Crippen LogP) is 3.16. The number of aryl methyl sites for hydroxylation is 1. The molecule has 9 heteroatoms. The van der Waals surface area contributed by atoms with E-state index in [9.17, 15) is 14.4 Å². The highest BCUT2D eigenvalue weighted by Crippen LogP contribution is 2.22. The second-order valence-corrected chi connectivity index (χ2v) is 6.98. The number of ether oxygens (including phenoxy) is 1. The molecule has 1 aromatic heterocycles. The molecular weight excluding hydrogens is 410 g/mol. The fourth-order valence-corrected chi connectivity index (χ4v) is 3.17. The van der Waals surface area contributed by atoms with E-state index in [1.807, 2.05) is 0 Å². The second-order valence-electron chi connectivity index (χ2n) is 6.55. The first-order valence-electron chi connectivity index (χ1n) is 9.22. The number of halogens is 1. The van der Waals surface area contributed by atoms with Crippen molar-refractivity contribution in [3.63, 3.8) is 0 Å². The number of nitrogens with zero attached hydrogens (tertiary/aromatic N) is 3. The maximum atomic E-state index is 12.3. The summed E-state index contributed by atoms with van der Waals surface area (Å²) in [5.74, 6) is -0.546. The number of carbonyl (C=O) groups excluding carboxylic acids is 3. The number of carbonyl (C=O) groups is 3. The zero-order chi connectivity index (χ0) is 21.1. The summed E-state index contributed by atoms with van der Waals surface area (Å²) in [6.45, 7) is -0.0798. The lowest BCUT2D eigenvalue weighted by Gasteiger charge is -2.13. The Kier molecular flexibility index (Phi) is 5.58. The number of esters is 1. The predicted molar refractivity (Wildman–Crippen MR) is 106 cm³/mol. The van der Waals surface area contributed by atoms with Crippen LogP contribution in [0.3, 0.4) is 0 Å². The Morgan fingerprint density at radius 3 is 2.37 bits per heavy atom. The minimum Gasteiger partial charge on any atom is -0.464 e. The molecule has 0 saturated heterocycles. The topological polar surface area (TPSA) is 103 Å². The SMILES string of the molecule is O=C(CCc1nc(-c2ccc(Cl)cc2)no1)OCCN1C(=O)c2ccccc2C1=O. The van der Waals surface area contributed by atoms with E-state index in [0.29, 0.717) is 27.9 Å². The van der Waals surface area contributed by atoms with Crippen LogP contribution in [0.2, 0.25) is 5.02 Å². The van der Waals surface area contributed by atoms with Crippen LogP contribution in [-0.2, 0) is 16.0 Å². The number of benzene rings is 2. The minimum absolute atomic E-state index is 0.000636. The van der Waals surface area contributed by atoms with E-state index in [4.69, 9.17) is 20.9 Å². The van der Waals surface area contributed by atoms with Crippen LogP contribution in [0.5, 0.6) is 0 Å². The van der Waals surface area contributed by atoms with Gasteiger partial charge in [0.25, 0.3) is 11.8 Å². The van der Waals surface area contributed by atoms with Gasteiger partial charge in [-0.3, -0.25) is 19.3 Å². The quantitative estimate of drug-likeness (QED) is 0.423. The summed E-state index contributed by atoms with van der Waals surface area (Å²) >= 11 is 5.86. The molecule has 0 saturated carbocycles. The van der Waals surface area contributed by atoms with Gasteiger partial charge < -0.3 is 9.26 Å². The van der Waals surface area contributed by atoms with Gasteiger partial charge in [0.1, 0.15) is 6.61 Å². The normalized spacial score (nSPS) is 12.9. The van der Waals surface area contributed by atoms with Crippen LogP contribution in [0.1, 0.15) is 33.0 Å². The van der Waals surface area contributed by atoms with Crippen molar-refractivity contribution in [2.45, 2.75) is 12.8 Å². The molecular formula is C21H16ClN3O5. The third-order valence-electron chi connectivity index (χ3n) is 4.57. The molecule has 4 rings (SSSR count). The molecule has 3 aromatic rings. The molecule has 0 radical (unpaired) electrons. The van der Waals surface area contributed by atoms with Gasteiger partial charge in [0.15, 0.2) is 0 Å². The fourth-order valence-electron chi connectivity index (χ4n) is 3.05. The molecule has 0 spiro atoms. The molecule has 0 bridgehead atoms. The van der Waals surface area contributed by atoms with Gasteiger partial charge in [-0.15, -0.1) is 0 Å². The van der Waals surface area contributed by atoms with Crippen LogP contribution in [-0.4, -0.2) is 46.0 Å². The second kappa shape index (κ2) is 8.46. The zero-order valence-corrected chi connectivity index (χ0v) is 16.5. The van der Waals surface area contributed by atoms with Crippen LogP contribution >= 0.6 is 11.6 Å². The molecule has 1 aliphatic rings. The van der Waals surface area contributed by atoms with Crippen molar-refractivity contribution in [1.82, 2.24) is 15.0 Å². The maximum Gasteiger partial charge on any atom is 0.306 e. The number of hydrogen-bond acceptors (Lipinski definition) is 7. The molecule has 0 fully saturated rings. The largest absolute Gasteiger partial charge is 0.464 e. The molecule has 2 aromatic carbocycles. The summed E-state index contributed by atoms with van der Waals surface area (Å²) in [5.41, 5.74) is 1.47. The first-order chi connectivity index (χ1) is 14.5. The van der Waals surface area contributed by atoms with Crippen molar-refractivity contribution in [1.29, 1.82) is 0 Å². The highest BCUT2D eigenvalue weighted by atomic mass is 35.5. The lowest BCUT2D eigenvalue weighted by atomic mass is 10.1. The van der Waals surface area contributed by atoms with E-state index >= 15 is 0 Å². The maximum absolute atomic E-state index is 12.3. The van der Waals surface area contributed by atoms with E-state index in [2.05, 4.69) is 10.1 Å². The fraction of sp³-hybridized carbons (Fsp3) is 0.190. The first kappa shape index (κ1) is 19.8. The molecule has 2 heterocycles. The Morgan fingerprint density at radius 2 is 1.70 bits per heavy atom. The Hall–Kier alpha value is -3.52. The third-order valence-corrected chi connectivity index (χ3v) is 4.82. The zero-order valence-electron chi connectivity index (χ0n) is 15.7. The molecule has 2 amide bonds. The Labute approximate surface area is 176 Å². The van der Waals surface area contributed by atoms with E-state index < -0.39 is 5.97 Å². The van der Waals surface area contributed by atoms with Gasteiger partial charge in [-0.05, 0) is 36.4 Å². The van der Waals surface area contributed by atoms with Crippen LogP contribution in [0.4, 0.5) is 0 Å². The number of fused-ring (bicyclic) bond motifs is 1. The van der Waals surface area contributed by atoms with Gasteiger partial charge in [0.05, 0.1) is 24.1 Å². The Bertz CT molecular complexity index is 1070. The van der Waals surface area contributed by atoms with Crippen molar-refractivity contribution < 1.29 is 23.6 Å². The van der Waals surface area contributed by atoms with Gasteiger partial charge in [-0.25, -0.2) is 0 Å². The Balaban J connectivity index is 1.24. The number of rotatable bonds is 7.